The molecule has 0 unspecified atom stereocenters. The highest BCUT2D eigenvalue weighted by atomic mass is 79.9. The van der Waals surface area contributed by atoms with Crippen molar-refractivity contribution < 1.29 is 0 Å². The lowest BCUT2D eigenvalue weighted by atomic mass is 10.2. The van der Waals surface area contributed by atoms with Gasteiger partial charge in [-0.2, -0.15) is 0 Å². The number of halogens is 2. The first-order valence-electron chi connectivity index (χ1n) is 5.51. The van der Waals surface area contributed by atoms with Crippen LogP contribution < -0.4 is 5.32 Å². The molecule has 0 aliphatic carbocycles. The first-order valence-corrected chi connectivity index (χ1v) is 6.68. The van der Waals surface area contributed by atoms with E-state index in [9.17, 15) is 0 Å². The van der Waals surface area contributed by atoms with Gasteiger partial charge in [0, 0.05) is 10.2 Å². The van der Waals surface area contributed by atoms with Gasteiger partial charge in [0.15, 0.2) is 11.0 Å². The van der Waals surface area contributed by atoms with E-state index < -0.39 is 0 Å². The Balaban J connectivity index is 2.34. The van der Waals surface area contributed by atoms with Gasteiger partial charge >= 0.3 is 0 Å². The lowest BCUT2D eigenvalue weighted by Crippen LogP contribution is -2.01. The SMILES string of the molecule is Cc1ccc(Nc2nnc(Cl)c(C)c2C)cc1Br. The van der Waals surface area contributed by atoms with Crippen LogP contribution in [0.1, 0.15) is 16.7 Å². The van der Waals surface area contributed by atoms with E-state index in [4.69, 9.17) is 11.6 Å². The summed E-state index contributed by atoms with van der Waals surface area (Å²) < 4.78 is 1.06. The average Bonchev–Trinajstić information content (AvgIpc) is 2.34. The van der Waals surface area contributed by atoms with Crippen molar-refractivity contribution in [1.82, 2.24) is 10.2 Å². The molecule has 2 rings (SSSR count). The van der Waals surface area contributed by atoms with Crippen molar-refractivity contribution in [3.8, 4) is 0 Å². The molecule has 1 aromatic carbocycles. The Bertz CT molecular complexity index is 599. The molecule has 5 heteroatoms. The molecule has 0 atom stereocenters. The van der Waals surface area contributed by atoms with Gasteiger partial charge in [0.1, 0.15) is 0 Å². The third-order valence-corrected chi connectivity index (χ3v) is 4.11. The van der Waals surface area contributed by atoms with Crippen molar-refractivity contribution in [2.24, 2.45) is 0 Å². The summed E-state index contributed by atoms with van der Waals surface area (Å²) in [5, 5.41) is 11.7. The summed E-state index contributed by atoms with van der Waals surface area (Å²) in [4.78, 5) is 0. The quantitative estimate of drug-likeness (QED) is 0.879. The van der Waals surface area contributed by atoms with Crippen molar-refractivity contribution in [1.29, 1.82) is 0 Å². The molecule has 3 nitrogen and oxygen atoms in total. The minimum Gasteiger partial charge on any atom is -0.338 e. The molecule has 0 saturated carbocycles. The molecule has 2 aromatic rings. The van der Waals surface area contributed by atoms with Gasteiger partial charge in [-0.1, -0.05) is 33.6 Å². The normalized spacial score (nSPS) is 10.5. The molecule has 1 N–H and O–H groups in total. The predicted molar refractivity (Wildman–Crippen MR) is 78.7 cm³/mol. The Morgan fingerprint density at radius 2 is 1.83 bits per heavy atom. The zero-order valence-electron chi connectivity index (χ0n) is 10.4. The molecule has 1 heterocycles. The maximum Gasteiger partial charge on any atom is 0.156 e. The molecule has 94 valence electrons. The highest BCUT2D eigenvalue weighted by Gasteiger charge is 2.08. The van der Waals surface area contributed by atoms with Gasteiger partial charge in [-0.3, -0.25) is 0 Å². The van der Waals surface area contributed by atoms with Gasteiger partial charge in [-0.25, -0.2) is 0 Å². The number of rotatable bonds is 2. The van der Waals surface area contributed by atoms with Crippen LogP contribution in [0.25, 0.3) is 0 Å². The van der Waals surface area contributed by atoms with Gasteiger partial charge in [0.25, 0.3) is 0 Å². The second-order valence-corrected chi connectivity index (χ2v) is 5.39. The summed E-state index contributed by atoms with van der Waals surface area (Å²) in [6.45, 7) is 5.95. The topological polar surface area (TPSA) is 37.8 Å². The number of nitrogens with one attached hydrogen (secondary N) is 1. The molecule has 1 aromatic heterocycles. The second-order valence-electron chi connectivity index (χ2n) is 4.18. The molecule has 0 aliphatic heterocycles. The highest BCUT2D eigenvalue weighted by Crippen LogP contribution is 2.26. The van der Waals surface area contributed by atoms with Crippen LogP contribution in [-0.2, 0) is 0 Å². The van der Waals surface area contributed by atoms with Crippen molar-refractivity contribution in [3.63, 3.8) is 0 Å². The van der Waals surface area contributed by atoms with E-state index in [0.717, 1.165) is 27.1 Å². The second kappa shape index (κ2) is 5.24. The summed E-state index contributed by atoms with van der Waals surface area (Å²) in [6.07, 6.45) is 0. The van der Waals surface area contributed by atoms with E-state index in [1.165, 1.54) is 5.56 Å². The Labute approximate surface area is 120 Å². The van der Waals surface area contributed by atoms with Gasteiger partial charge in [-0.05, 0) is 49.6 Å². The van der Waals surface area contributed by atoms with Crippen LogP contribution in [0, 0.1) is 20.8 Å². The lowest BCUT2D eigenvalue weighted by Gasteiger charge is -2.11. The Kier molecular flexibility index (Phi) is 3.88. The number of nitrogens with zero attached hydrogens (tertiary/aromatic N) is 2. The van der Waals surface area contributed by atoms with Crippen molar-refractivity contribution in [2.45, 2.75) is 20.8 Å². The summed E-state index contributed by atoms with van der Waals surface area (Å²) in [5.41, 5.74) is 4.11. The van der Waals surface area contributed by atoms with Crippen molar-refractivity contribution in [2.75, 3.05) is 5.32 Å². The highest BCUT2D eigenvalue weighted by molar-refractivity contribution is 9.10. The Morgan fingerprint density at radius 1 is 1.11 bits per heavy atom. The monoisotopic (exact) mass is 325 g/mol. The van der Waals surface area contributed by atoms with Crippen LogP contribution in [0.15, 0.2) is 22.7 Å². The summed E-state index contributed by atoms with van der Waals surface area (Å²) in [5.74, 6) is 0.729. The number of hydrogen-bond acceptors (Lipinski definition) is 3. The third-order valence-electron chi connectivity index (χ3n) is 2.90. The molecule has 0 spiro atoms. The van der Waals surface area contributed by atoms with Gasteiger partial charge in [0.05, 0.1) is 0 Å². The fourth-order valence-electron chi connectivity index (χ4n) is 1.50. The maximum atomic E-state index is 5.93. The van der Waals surface area contributed by atoms with E-state index in [-0.39, 0.29) is 0 Å². The zero-order valence-corrected chi connectivity index (χ0v) is 12.7. The van der Waals surface area contributed by atoms with Crippen LogP contribution in [-0.4, -0.2) is 10.2 Å². The van der Waals surface area contributed by atoms with Crippen LogP contribution in [0.4, 0.5) is 11.5 Å². The molecule has 0 bridgehead atoms. The maximum absolute atomic E-state index is 5.93. The molecule has 0 aliphatic rings. The summed E-state index contributed by atoms with van der Waals surface area (Å²) in [6, 6.07) is 6.06. The van der Waals surface area contributed by atoms with E-state index >= 15 is 0 Å². The third kappa shape index (κ3) is 2.65. The van der Waals surface area contributed by atoms with Crippen LogP contribution in [0.2, 0.25) is 5.15 Å². The number of aromatic nitrogens is 2. The minimum atomic E-state index is 0.447. The van der Waals surface area contributed by atoms with E-state index in [0.29, 0.717) is 5.15 Å². The smallest absolute Gasteiger partial charge is 0.156 e. The summed E-state index contributed by atoms with van der Waals surface area (Å²) >= 11 is 9.43. The van der Waals surface area contributed by atoms with Crippen LogP contribution >= 0.6 is 27.5 Å². The van der Waals surface area contributed by atoms with Gasteiger partial charge in [0.2, 0.25) is 0 Å². The predicted octanol–water partition coefficient (Wildman–Crippen LogP) is 4.56. The van der Waals surface area contributed by atoms with Gasteiger partial charge < -0.3 is 5.32 Å². The molecular formula is C13H13BrClN3. The largest absolute Gasteiger partial charge is 0.338 e. The zero-order chi connectivity index (χ0) is 13.3. The lowest BCUT2D eigenvalue weighted by molar-refractivity contribution is 1.00. The number of benzene rings is 1. The fraction of sp³-hybridized carbons (Fsp3) is 0.231. The number of anilines is 2. The molecule has 0 fully saturated rings. The number of hydrogen-bond donors (Lipinski definition) is 1. The molecule has 0 amide bonds. The van der Waals surface area contributed by atoms with E-state index in [1.807, 2.05) is 39.0 Å². The number of aryl methyl sites for hydroxylation is 1. The van der Waals surface area contributed by atoms with E-state index in [1.54, 1.807) is 0 Å². The Hall–Kier alpha value is -1.13. The first kappa shape index (κ1) is 13.3. The van der Waals surface area contributed by atoms with Crippen molar-refractivity contribution >= 4 is 39.0 Å². The average molecular weight is 327 g/mol. The standard InChI is InChI=1S/C13H13BrClN3/c1-7-4-5-10(6-11(7)14)16-13-9(3)8(2)12(15)17-18-13/h4-6H,1-3H3,(H,16,18). The fourth-order valence-corrected chi connectivity index (χ4v) is 2.06. The first-order chi connectivity index (χ1) is 8.49. The summed E-state index contributed by atoms with van der Waals surface area (Å²) in [7, 11) is 0. The van der Waals surface area contributed by atoms with E-state index in [2.05, 4.69) is 31.4 Å². The molecule has 0 radical (unpaired) electrons. The molecule has 18 heavy (non-hydrogen) atoms. The van der Waals surface area contributed by atoms with Gasteiger partial charge in [-0.15, -0.1) is 10.2 Å². The van der Waals surface area contributed by atoms with Crippen LogP contribution in [0.5, 0.6) is 0 Å². The molecular weight excluding hydrogens is 314 g/mol. The van der Waals surface area contributed by atoms with Crippen LogP contribution in [0.3, 0.4) is 0 Å². The Morgan fingerprint density at radius 3 is 2.50 bits per heavy atom. The molecule has 0 saturated heterocycles. The minimum absolute atomic E-state index is 0.447. The van der Waals surface area contributed by atoms with Crippen molar-refractivity contribution in [3.05, 3.63) is 44.5 Å².